The maximum Gasteiger partial charge on any atom is 0.343 e. The molecule has 136 valence electrons. The van der Waals surface area contributed by atoms with Crippen molar-refractivity contribution in [2.24, 2.45) is 0 Å². The van der Waals surface area contributed by atoms with Gasteiger partial charge in [-0.15, -0.1) is 0 Å². The first-order valence-electron chi connectivity index (χ1n) is 9.28. The molecule has 1 unspecified atom stereocenters. The van der Waals surface area contributed by atoms with E-state index in [4.69, 9.17) is 4.42 Å². The predicted octanol–water partition coefficient (Wildman–Crippen LogP) is 5.31. The maximum absolute atomic E-state index is 12.4. The SMILES string of the molecule is CCCCCCCCC(CC(C)=O)c1c(O)c2ccccc2oc1=O. The van der Waals surface area contributed by atoms with E-state index in [1.54, 1.807) is 24.3 Å². The third kappa shape index (κ3) is 5.18. The van der Waals surface area contributed by atoms with Crippen LogP contribution in [-0.4, -0.2) is 10.9 Å². The lowest BCUT2D eigenvalue weighted by Crippen LogP contribution is -2.15. The molecule has 1 aromatic heterocycles. The van der Waals surface area contributed by atoms with E-state index in [9.17, 15) is 14.7 Å². The molecule has 25 heavy (non-hydrogen) atoms. The first-order chi connectivity index (χ1) is 12.0. The molecular formula is C21H28O4. The molecule has 1 atom stereocenters. The van der Waals surface area contributed by atoms with E-state index in [0.717, 1.165) is 12.8 Å². The molecule has 0 fully saturated rings. The Morgan fingerprint density at radius 2 is 1.80 bits per heavy atom. The van der Waals surface area contributed by atoms with Crippen LogP contribution in [0.2, 0.25) is 0 Å². The van der Waals surface area contributed by atoms with Crippen molar-refractivity contribution in [3.05, 3.63) is 40.2 Å². The normalized spacial score (nSPS) is 12.4. The minimum atomic E-state index is -0.534. The molecule has 4 heteroatoms. The van der Waals surface area contributed by atoms with Gasteiger partial charge in [0.1, 0.15) is 17.1 Å². The molecule has 0 aliphatic rings. The highest BCUT2D eigenvalue weighted by Gasteiger charge is 2.24. The molecule has 1 heterocycles. The monoisotopic (exact) mass is 344 g/mol. The summed E-state index contributed by atoms with van der Waals surface area (Å²) in [4.78, 5) is 24.1. The zero-order chi connectivity index (χ0) is 18.2. The van der Waals surface area contributed by atoms with Gasteiger partial charge in [0.05, 0.1) is 10.9 Å². The summed E-state index contributed by atoms with van der Waals surface area (Å²) < 4.78 is 5.37. The van der Waals surface area contributed by atoms with Gasteiger partial charge in [0.2, 0.25) is 0 Å². The van der Waals surface area contributed by atoms with Crippen molar-refractivity contribution in [2.45, 2.75) is 71.1 Å². The van der Waals surface area contributed by atoms with Gasteiger partial charge in [0, 0.05) is 12.3 Å². The number of aromatic hydroxyl groups is 1. The minimum absolute atomic E-state index is 0.0166. The molecule has 2 rings (SSSR count). The molecule has 0 saturated carbocycles. The van der Waals surface area contributed by atoms with Crippen LogP contribution in [0, 0.1) is 0 Å². The average Bonchev–Trinajstić information content (AvgIpc) is 2.57. The molecule has 0 radical (unpaired) electrons. The number of Topliss-reactive ketones (excluding diaryl/α,β-unsaturated/α-hetero) is 1. The fourth-order valence-electron chi connectivity index (χ4n) is 3.37. The number of hydrogen-bond acceptors (Lipinski definition) is 4. The standard InChI is InChI=1S/C21H28O4/c1-3-4-5-6-7-8-11-16(14-15(2)22)19-20(23)17-12-9-10-13-18(17)25-21(19)24/h9-10,12-13,16,23H,3-8,11,14H2,1-2H3. The van der Waals surface area contributed by atoms with Gasteiger partial charge in [-0.25, -0.2) is 4.79 Å². The number of benzene rings is 1. The Hall–Kier alpha value is -2.10. The van der Waals surface area contributed by atoms with Gasteiger partial charge in [-0.1, -0.05) is 57.6 Å². The molecule has 0 saturated heterocycles. The fraction of sp³-hybridized carbons (Fsp3) is 0.524. The van der Waals surface area contributed by atoms with Crippen LogP contribution in [0.5, 0.6) is 5.75 Å². The van der Waals surface area contributed by atoms with Crippen LogP contribution in [0.15, 0.2) is 33.5 Å². The summed E-state index contributed by atoms with van der Waals surface area (Å²) in [5.74, 6) is -0.309. The van der Waals surface area contributed by atoms with Crippen molar-refractivity contribution in [3.63, 3.8) is 0 Å². The average molecular weight is 344 g/mol. The van der Waals surface area contributed by atoms with E-state index in [1.165, 1.54) is 32.6 Å². The van der Waals surface area contributed by atoms with Gasteiger partial charge >= 0.3 is 5.63 Å². The highest BCUT2D eigenvalue weighted by molar-refractivity contribution is 5.84. The Balaban J connectivity index is 2.21. The molecule has 0 amide bonds. The highest BCUT2D eigenvalue weighted by atomic mass is 16.4. The number of para-hydroxylation sites is 1. The van der Waals surface area contributed by atoms with Crippen molar-refractivity contribution in [1.82, 2.24) is 0 Å². The van der Waals surface area contributed by atoms with Crippen molar-refractivity contribution in [1.29, 1.82) is 0 Å². The van der Waals surface area contributed by atoms with Crippen LogP contribution in [0.25, 0.3) is 11.0 Å². The second kappa shape index (κ2) is 9.40. The number of carbonyl (C=O) groups is 1. The van der Waals surface area contributed by atoms with Crippen LogP contribution < -0.4 is 5.63 Å². The lowest BCUT2D eigenvalue weighted by atomic mass is 9.88. The molecule has 4 nitrogen and oxygen atoms in total. The lowest BCUT2D eigenvalue weighted by molar-refractivity contribution is -0.117. The number of rotatable bonds is 10. The minimum Gasteiger partial charge on any atom is -0.507 e. The zero-order valence-corrected chi connectivity index (χ0v) is 15.2. The van der Waals surface area contributed by atoms with Gasteiger partial charge in [-0.2, -0.15) is 0 Å². The Morgan fingerprint density at radius 1 is 1.12 bits per heavy atom. The fourth-order valence-corrected chi connectivity index (χ4v) is 3.37. The van der Waals surface area contributed by atoms with Crippen LogP contribution in [0.1, 0.15) is 76.7 Å². The van der Waals surface area contributed by atoms with E-state index in [-0.39, 0.29) is 29.4 Å². The van der Waals surface area contributed by atoms with Gasteiger partial charge < -0.3 is 14.3 Å². The molecular weight excluding hydrogens is 316 g/mol. The Bertz CT molecular complexity index is 760. The number of hydrogen-bond donors (Lipinski definition) is 1. The molecule has 0 aliphatic heterocycles. The van der Waals surface area contributed by atoms with E-state index < -0.39 is 5.63 Å². The topological polar surface area (TPSA) is 67.5 Å². The molecule has 0 spiro atoms. The molecule has 2 aromatic rings. The summed E-state index contributed by atoms with van der Waals surface area (Å²) >= 11 is 0. The third-order valence-corrected chi connectivity index (χ3v) is 4.67. The van der Waals surface area contributed by atoms with Crippen LogP contribution in [0.3, 0.4) is 0 Å². The van der Waals surface area contributed by atoms with Crippen molar-refractivity contribution in [3.8, 4) is 5.75 Å². The Labute approximate surface area is 148 Å². The largest absolute Gasteiger partial charge is 0.507 e. The third-order valence-electron chi connectivity index (χ3n) is 4.67. The molecule has 0 bridgehead atoms. The number of unbranched alkanes of at least 4 members (excludes halogenated alkanes) is 5. The van der Waals surface area contributed by atoms with Crippen molar-refractivity contribution < 1.29 is 14.3 Å². The van der Waals surface area contributed by atoms with E-state index in [2.05, 4.69) is 6.92 Å². The van der Waals surface area contributed by atoms with Crippen molar-refractivity contribution in [2.75, 3.05) is 0 Å². The molecule has 1 N–H and O–H groups in total. The molecule has 1 aromatic carbocycles. The van der Waals surface area contributed by atoms with Crippen LogP contribution >= 0.6 is 0 Å². The second-order valence-corrected chi connectivity index (χ2v) is 6.81. The van der Waals surface area contributed by atoms with Crippen LogP contribution in [0.4, 0.5) is 0 Å². The van der Waals surface area contributed by atoms with Gasteiger partial charge in [0.25, 0.3) is 0 Å². The maximum atomic E-state index is 12.4. The summed E-state index contributed by atoms with van der Waals surface area (Å²) in [6.07, 6.45) is 7.82. The number of ketones is 1. The first kappa shape index (κ1) is 19.2. The van der Waals surface area contributed by atoms with Crippen molar-refractivity contribution >= 4 is 16.8 Å². The second-order valence-electron chi connectivity index (χ2n) is 6.81. The van der Waals surface area contributed by atoms with Gasteiger partial charge in [0.15, 0.2) is 0 Å². The summed E-state index contributed by atoms with van der Waals surface area (Å²) in [5, 5.41) is 11.1. The lowest BCUT2D eigenvalue weighted by Gasteiger charge is -2.17. The number of carbonyl (C=O) groups excluding carboxylic acids is 1. The Kier molecular flexibility index (Phi) is 7.23. The Morgan fingerprint density at radius 3 is 2.52 bits per heavy atom. The quantitative estimate of drug-likeness (QED) is 0.468. The summed E-state index contributed by atoms with van der Waals surface area (Å²) in [7, 11) is 0. The smallest absolute Gasteiger partial charge is 0.343 e. The van der Waals surface area contributed by atoms with E-state index >= 15 is 0 Å². The summed E-state index contributed by atoms with van der Waals surface area (Å²) in [6, 6.07) is 6.94. The van der Waals surface area contributed by atoms with Gasteiger partial charge in [-0.3, -0.25) is 0 Å². The predicted molar refractivity (Wildman–Crippen MR) is 100 cm³/mol. The van der Waals surface area contributed by atoms with Gasteiger partial charge in [-0.05, 0) is 25.5 Å². The summed E-state index contributed by atoms with van der Waals surface area (Å²) in [5.41, 5.74) is 0.0887. The zero-order valence-electron chi connectivity index (χ0n) is 15.2. The molecule has 0 aliphatic carbocycles. The first-order valence-corrected chi connectivity index (χ1v) is 9.28. The van der Waals surface area contributed by atoms with Crippen LogP contribution in [-0.2, 0) is 4.79 Å². The number of fused-ring (bicyclic) bond motifs is 1. The van der Waals surface area contributed by atoms with E-state index in [0.29, 0.717) is 17.4 Å². The summed E-state index contributed by atoms with van der Waals surface area (Å²) in [6.45, 7) is 3.71. The highest BCUT2D eigenvalue weighted by Crippen LogP contribution is 2.35. The van der Waals surface area contributed by atoms with E-state index in [1.807, 2.05) is 0 Å².